The minimum atomic E-state index is -4.49. The highest BCUT2D eigenvalue weighted by Crippen LogP contribution is 2.45. The topological polar surface area (TPSA) is 108 Å². The number of carboxylic acid groups (broad SMARTS) is 1. The molecule has 0 saturated heterocycles. The number of aliphatic hydroxyl groups is 1. The highest BCUT2D eigenvalue weighted by molar-refractivity contribution is 7.15. The number of aromatic carboxylic acids is 1. The van der Waals surface area contributed by atoms with E-state index in [1.165, 1.54) is 23.5 Å². The van der Waals surface area contributed by atoms with Crippen LogP contribution in [0, 0.1) is 6.92 Å². The van der Waals surface area contributed by atoms with Crippen LogP contribution in [-0.4, -0.2) is 31.1 Å². The highest BCUT2D eigenvalue weighted by Gasteiger charge is 2.41. The molecule has 7 nitrogen and oxygen atoms in total. The largest absolute Gasteiger partial charge is 0.478 e. The second kappa shape index (κ2) is 8.68. The van der Waals surface area contributed by atoms with E-state index in [0.29, 0.717) is 39.8 Å². The first kappa shape index (κ1) is 23.9. The third-order valence-electron chi connectivity index (χ3n) is 5.98. The molecule has 1 aromatic carbocycles. The van der Waals surface area contributed by atoms with E-state index in [4.69, 9.17) is 0 Å². The number of anilines is 2. The SMILES string of the molecule is Cc1cc(Nc2cc(C(F)(F)F)ccn2)nc(-c2cnc(C3(O)CCc4ccc(C(=O)O)cc43)s2)c1. The molecule has 4 aromatic rings. The van der Waals surface area contributed by atoms with Gasteiger partial charge in [0.25, 0.3) is 0 Å². The number of thiazole rings is 1. The van der Waals surface area contributed by atoms with Crippen LogP contribution in [0.5, 0.6) is 0 Å². The maximum Gasteiger partial charge on any atom is 0.416 e. The minimum absolute atomic E-state index is 0.00461. The van der Waals surface area contributed by atoms with E-state index in [9.17, 15) is 28.2 Å². The first-order valence-electron chi connectivity index (χ1n) is 10.9. The van der Waals surface area contributed by atoms with Crippen LogP contribution in [0.15, 0.2) is 54.9 Å². The molecule has 0 radical (unpaired) electrons. The number of nitrogens with one attached hydrogen (secondary N) is 1. The van der Waals surface area contributed by atoms with Gasteiger partial charge in [0.15, 0.2) is 0 Å². The fourth-order valence-corrected chi connectivity index (χ4v) is 5.24. The Hall–Kier alpha value is -3.83. The van der Waals surface area contributed by atoms with Crippen LogP contribution >= 0.6 is 11.3 Å². The molecule has 1 unspecified atom stereocenters. The molecular weight excluding hydrogens is 493 g/mol. The van der Waals surface area contributed by atoms with Crippen LogP contribution in [0.4, 0.5) is 24.8 Å². The van der Waals surface area contributed by atoms with Crippen molar-refractivity contribution in [3.63, 3.8) is 0 Å². The van der Waals surface area contributed by atoms with Gasteiger partial charge in [-0.2, -0.15) is 13.2 Å². The van der Waals surface area contributed by atoms with Crippen LogP contribution in [0.25, 0.3) is 10.6 Å². The summed E-state index contributed by atoms with van der Waals surface area (Å²) in [6.45, 7) is 1.83. The van der Waals surface area contributed by atoms with Gasteiger partial charge in [-0.05, 0) is 72.9 Å². The molecule has 3 N–H and O–H groups in total. The molecule has 5 rings (SSSR count). The fourth-order valence-electron chi connectivity index (χ4n) is 4.23. The number of nitrogens with zero attached hydrogens (tertiary/aromatic N) is 3. The number of carbonyl (C=O) groups is 1. The maximum absolute atomic E-state index is 13.0. The third kappa shape index (κ3) is 4.42. The molecule has 0 bridgehead atoms. The normalized spacial score (nSPS) is 17.1. The van der Waals surface area contributed by atoms with E-state index >= 15 is 0 Å². The van der Waals surface area contributed by atoms with Crippen molar-refractivity contribution >= 4 is 28.9 Å². The Bertz CT molecular complexity index is 1490. The number of halogens is 3. The van der Waals surface area contributed by atoms with Crippen LogP contribution in [0.2, 0.25) is 0 Å². The number of pyridine rings is 2. The number of carboxylic acids is 1. The molecule has 0 aliphatic heterocycles. The second-order valence-electron chi connectivity index (χ2n) is 8.53. The molecule has 3 heterocycles. The smallest absolute Gasteiger partial charge is 0.416 e. The number of benzene rings is 1. The van der Waals surface area contributed by atoms with Gasteiger partial charge in [-0.25, -0.2) is 19.7 Å². The summed E-state index contributed by atoms with van der Waals surface area (Å²) in [5, 5.41) is 24.1. The Balaban J connectivity index is 1.46. The Morgan fingerprint density at radius 1 is 1.11 bits per heavy atom. The average molecular weight is 513 g/mol. The van der Waals surface area contributed by atoms with Gasteiger partial charge in [0.1, 0.15) is 22.2 Å². The van der Waals surface area contributed by atoms with Crippen molar-refractivity contribution in [3.8, 4) is 10.6 Å². The number of fused-ring (bicyclic) bond motifs is 1. The molecule has 0 fully saturated rings. The molecule has 0 spiro atoms. The number of alkyl halides is 3. The Morgan fingerprint density at radius 2 is 1.92 bits per heavy atom. The number of rotatable bonds is 5. The number of hydrogen-bond donors (Lipinski definition) is 3. The zero-order valence-corrected chi connectivity index (χ0v) is 19.6. The summed E-state index contributed by atoms with van der Waals surface area (Å²) in [4.78, 5) is 25.0. The zero-order valence-electron chi connectivity index (χ0n) is 18.8. The molecule has 1 aliphatic rings. The van der Waals surface area contributed by atoms with Crippen molar-refractivity contribution in [1.29, 1.82) is 0 Å². The van der Waals surface area contributed by atoms with Gasteiger partial charge in [0.05, 0.1) is 21.7 Å². The van der Waals surface area contributed by atoms with Crippen LogP contribution in [0.1, 0.15) is 44.0 Å². The average Bonchev–Trinajstić information content (AvgIpc) is 3.45. The number of aromatic nitrogens is 3. The first-order valence-corrected chi connectivity index (χ1v) is 11.7. The number of aryl methyl sites for hydroxylation is 2. The van der Waals surface area contributed by atoms with E-state index < -0.39 is 23.3 Å². The lowest BCUT2D eigenvalue weighted by Crippen LogP contribution is -2.24. The van der Waals surface area contributed by atoms with Crippen molar-refractivity contribution in [2.24, 2.45) is 0 Å². The number of hydrogen-bond acceptors (Lipinski definition) is 7. The third-order valence-corrected chi connectivity index (χ3v) is 7.15. The minimum Gasteiger partial charge on any atom is -0.478 e. The molecule has 0 amide bonds. The van der Waals surface area contributed by atoms with Gasteiger partial charge in [-0.15, -0.1) is 11.3 Å². The summed E-state index contributed by atoms with van der Waals surface area (Å²) >= 11 is 1.23. The summed E-state index contributed by atoms with van der Waals surface area (Å²) in [6, 6.07) is 10.0. The van der Waals surface area contributed by atoms with E-state index in [-0.39, 0.29) is 11.4 Å². The van der Waals surface area contributed by atoms with Crippen molar-refractivity contribution < 1.29 is 28.2 Å². The van der Waals surface area contributed by atoms with Gasteiger partial charge in [0, 0.05) is 12.4 Å². The summed E-state index contributed by atoms with van der Waals surface area (Å²) in [7, 11) is 0. The lowest BCUT2D eigenvalue weighted by molar-refractivity contribution is -0.137. The Kier molecular flexibility index (Phi) is 5.76. The molecule has 184 valence electrons. The van der Waals surface area contributed by atoms with Crippen molar-refractivity contribution in [1.82, 2.24) is 15.0 Å². The molecule has 1 aliphatic carbocycles. The summed E-state index contributed by atoms with van der Waals surface area (Å²) in [6.07, 6.45) is -0.888. The van der Waals surface area contributed by atoms with Crippen molar-refractivity contribution in [2.45, 2.75) is 31.5 Å². The van der Waals surface area contributed by atoms with Crippen LogP contribution < -0.4 is 5.32 Å². The summed E-state index contributed by atoms with van der Waals surface area (Å²) < 4.78 is 39.1. The summed E-state index contributed by atoms with van der Waals surface area (Å²) in [5.41, 5.74) is 0.568. The zero-order chi connectivity index (χ0) is 25.7. The molecule has 1 atom stereocenters. The van der Waals surface area contributed by atoms with Crippen molar-refractivity contribution in [2.75, 3.05) is 5.32 Å². The molecular formula is C25H19F3N4O3S. The Labute approximate surface area is 207 Å². The predicted molar refractivity (Wildman–Crippen MR) is 127 cm³/mol. The first-order chi connectivity index (χ1) is 17.0. The standard InChI is InChI=1S/C25H19F3N4O3S/c1-13-8-18(31-21(9-13)32-20-11-16(5-7-29-20)25(26,27)28)19-12-30-23(36-19)24(35)6-4-14-2-3-15(22(33)34)10-17(14)24/h2-3,5,7-12,35H,4,6H2,1H3,(H,33,34)(H,29,31,32). The predicted octanol–water partition coefficient (Wildman–Crippen LogP) is 5.55. The van der Waals surface area contributed by atoms with Gasteiger partial charge in [-0.3, -0.25) is 0 Å². The molecule has 0 saturated carbocycles. The van der Waals surface area contributed by atoms with E-state index in [1.54, 1.807) is 24.4 Å². The van der Waals surface area contributed by atoms with Crippen molar-refractivity contribution in [3.05, 3.63) is 87.7 Å². The quantitative estimate of drug-likeness (QED) is 0.322. The van der Waals surface area contributed by atoms with E-state index in [0.717, 1.165) is 29.5 Å². The lowest BCUT2D eigenvalue weighted by atomic mass is 9.95. The fraction of sp³-hybridized carbons (Fsp3) is 0.200. The van der Waals surface area contributed by atoms with Crippen LogP contribution in [0.3, 0.4) is 0 Å². The highest BCUT2D eigenvalue weighted by atomic mass is 32.1. The van der Waals surface area contributed by atoms with Gasteiger partial charge >= 0.3 is 12.1 Å². The molecule has 11 heteroatoms. The van der Waals surface area contributed by atoms with Gasteiger partial charge in [-0.1, -0.05) is 6.07 Å². The monoisotopic (exact) mass is 512 g/mol. The molecule has 3 aromatic heterocycles. The second-order valence-corrected chi connectivity index (χ2v) is 9.57. The summed E-state index contributed by atoms with van der Waals surface area (Å²) in [5.74, 6) is -0.765. The van der Waals surface area contributed by atoms with E-state index in [2.05, 4.69) is 20.3 Å². The Morgan fingerprint density at radius 3 is 2.67 bits per heavy atom. The van der Waals surface area contributed by atoms with E-state index in [1.807, 2.05) is 6.92 Å². The molecule has 36 heavy (non-hydrogen) atoms. The van der Waals surface area contributed by atoms with Crippen LogP contribution in [-0.2, 0) is 18.2 Å². The maximum atomic E-state index is 13.0. The lowest BCUT2D eigenvalue weighted by Gasteiger charge is -2.21. The van der Waals surface area contributed by atoms with Gasteiger partial charge in [0.2, 0.25) is 0 Å². The van der Waals surface area contributed by atoms with Gasteiger partial charge < -0.3 is 15.5 Å².